The van der Waals surface area contributed by atoms with E-state index in [1.165, 1.54) is 4.90 Å². The minimum absolute atomic E-state index is 0.267. The number of carbonyl (C=O) groups is 1. The van der Waals surface area contributed by atoms with E-state index in [-0.39, 0.29) is 6.61 Å². The topological polar surface area (TPSA) is 54.5 Å². The van der Waals surface area contributed by atoms with Gasteiger partial charge in [0.2, 0.25) is 11.6 Å². The summed E-state index contributed by atoms with van der Waals surface area (Å²) in [7, 11) is 0. The average Bonchev–Trinajstić information content (AvgIpc) is 3.03. The van der Waals surface area contributed by atoms with Crippen molar-refractivity contribution in [2.24, 2.45) is 0 Å². The first-order chi connectivity index (χ1) is 11.9. The molecule has 0 radical (unpaired) electrons. The van der Waals surface area contributed by atoms with Crippen LogP contribution in [-0.4, -0.2) is 24.2 Å². The van der Waals surface area contributed by atoms with Gasteiger partial charge in [-0.1, -0.05) is 12.1 Å². The molecule has 0 aliphatic carbocycles. The number of amides is 1. The fraction of sp³-hybridized carbons (Fsp3) is 0.250. The lowest BCUT2D eigenvalue weighted by molar-refractivity contribution is 0.181. The maximum Gasteiger partial charge on any atom is 0.414 e. The van der Waals surface area contributed by atoms with Crippen molar-refractivity contribution < 1.29 is 27.1 Å². The van der Waals surface area contributed by atoms with E-state index in [1.54, 1.807) is 31.2 Å². The Labute approximate surface area is 140 Å². The van der Waals surface area contributed by atoms with Crippen molar-refractivity contribution in [1.82, 2.24) is 4.98 Å². The molecule has 9 heteroatoms. The molecule has 1 saturated heterocycles. The Morgan fingerprint density at radius 1 is 1.20 bits per heavy atom. The number of aromatic nitrogens is 1. The highest BCUT2D eigenvalue weighted by Gasteiger charge is 2.25. The second-order valence-corrected chi connectivity index (χ2v) is 5.42. The number of nitrogens with zero attached hydrogens (tertiary/aromatic N) is 2. The van der Waals surface area contributed by atoms with E-state index in [0.29, 0.717) is 17.8 Å². The Kier molecular flexibility index (Phi) is 4.47. The molecule has 5 nitrogen and oxygen atoms in total. The number of halogens is 4. The summed E-state index contributed by atoms with van der Waals surface area (Å²) < 4.78 is 58.7. The molecule has 1 aliphatic rings. The molecule has 2 heterocycles. The number of rotatable bonds is 4. The van der Waals surface area contributed by atoms with Crippen LogP contribution in [0.1, 0.15) is 18.5 Å². The van der Waals surface area contributed by atoms with E-state index in [2.05, 4.69) is 10.3 Å². The summed E-state index contributed by atoms with van der Waals surface area (Å²) in [6.45, 7) is 2.20. The van der Waals surface area contributed by atoms with Gasteiger partial charge in [0.15, 0.2) is 0 Å². The van der Waals surface area contributed by atoms with Crippen molar-refractivity contribution in [3.63, 3.8) is 0 Å². The third-order valence-corrected chi connectivity index (χ3v) is 3.80. The van der Waals surface area contributed by atoms with E-state index in [1.807, 2.05) is 0 Å². The molecule has 0 spiro atoms. The lowest BCUT2D eigenvalue weighted by Crippen LogP contribution is -2.23. The molecular formula is C16H13F4N3O2. The third-order valence-electron chi connectivity index (χ3n) is 3.80. The molecule has 1 aromatic carbocycles. The smallest absolute Gasteiger partial charge is 0.414 e. The lowest BCUT2D eigenvalue weighted by Gasteiger charge is -2.19. The van der Waals surface area contributed by atoms with Crippen molar-refractivity contribution >= 4 is 17.5 Å². The van der Waals surface area contributed by atoms with Gasteiger partial charge in [-0.3, -0.25) is 4.90 Å². The van der Waals surface area contributed by atoms with E-state index in [9.17, 15) is 22.4 Å². The predicted molar refractivity (Wildman–Crippen MR) is 81.2 cm³/mol. The summed E-state index contributed by atoms with van der Waals surface area (Å²) >= 11 is 0. The molecule has 1 aliphatic heterocycles. The molecule has 1 amide bonds. The molecule has 0 saturated carbocycles. The van der Waals surface area contributed by atoms with Gasteiger partial charge in [-0.05, 0) is 24.6 Å². The molecule has 0 bridgehead atoms. The zero-order valence-corrected chi connectivity index (χ0v) is 13.0. The minimum Gasteiger partial charge on any atom is -0.447 e. The van der Waals surface area contributed by atoms with E-state index < -0.39 is 41.4 Å². The molecule has 25 heavy (non-hydrogen) atoms. The van der Waals surface area contributed by atoms with Gasteiger partial charge in [0.05, 0.1) is 6.54 Å². The lowest BCUT2D eigenvalue weighted by atomic mass is 10.1. The van der Waals surface area contributed by atoms with Crippen LogP contribution in [0, 0.1) is 23.5 Å². The number of ether oxygens (including phenoxy) is 1. The van der Waals surface area contributed by atoms with Crippen LogP contribution < -0.4 is 10.2 Å². The molecule has 1 atom stereocenters. The largest absolute Gasteiger partial charge is 0.447 e. The minimum atomic E-state index is -1.73. The Hall–Kier alpha value is -2.84. The van der Waals surface area contributed by atoms with Crippen LogP contribution in [0.4, 0.5) is 33.7 Å². The molecular weight excluding hydrogens is 342 g/mol. The molecule has 1 aromatic heterocycles. The van der Waals surface area contributed by atoms with Crippen LogP contribution in [0.15, 0.2) is 24.3 Å². The molecule has 3 rings (SSSR count). The van der Waals surface area contributed by atoms with Crippen LogP contribution in [-0.2, 0) is 4.74 Å². The average molecular weight is 355 g/mol. The summed E-state index contributed by atoms with van der Waals surface area (Å²) in [6.07, 6.45) is -0.492. The number of hydrogen-bond donors (Lipinski definition) is 1. The van der Waals surface area contributed by atoms with Crippen molar-refractivity contribution in [3.8, 4) is 0 Å². The molecule has 132 valence electrons. The molecule has 1 N–H and O–H groups in total. The standard InChI is InChI=1S/C16H13F4N3O2/c1-8(21-13-11(17)14(19)22-15(20)12(13)18)9-3-2-4-10(7-9)23-5-6-25-16(23)24/h2-4,7-8H,5-6H2,1H3,(H,21,22). The van der Waals surface area contributed by atoms with E-state index in [4.69, 9.17) is 4.74 Å². The summed E-state index contributed by atoms with van der Waals surface area (Å²) in [5.41, 5.74) is 0.152. The summed E-state index contributed by atoms with van der Waals surface area (Å²) in [6, 6.07) is 5.88. The fourth-order valence-corrected chi connectivity index (χ4v) is 2.50. The number of cyclic esters (lactones) is 1. The van der Waals surface area contributed by atoms with Gasteiger partial charge in [-0.25, -0.2) is 4.79 Å². The molecule has 1 fully saturated rings. The number of benzene rings is 1. The van der Waals surface area contributed by atoms with Crippen LogP contribution in [0.3, 0.4) is 0 Å². The first-order valence-electron chi connectivity index (χ1n) is 7.39. The third kappa shape index (κ3) is 3.21. The van der Waals surface area contributed by atoms with Crippen molar-refractivity contribution in [1.29, 1.82) is 0 Å². The Bertz CT molecular complexity index is 805. The van der Waals surface area contributed by atoms with Crippen molar-refractivity contribution in [2.45, 2.75) is 13.0 Å². The Morgan fingerprint density at radius 2 is 1.88 bits per heavy atom. The van der Waals surface area contributed by atoms with Gasteiger partial charge in [-0.2, -0.15) is 22.5 Å². The highest BCUT2D eigenvalue weighted by molar-refractivity contribution is 5.89. The zero-order valence-electron chi connectivity index (χ0n) is 13.0. The summed E-state index contributed by atoms with van der Waals surface area (Å²) in [5.74, 6) is -6.68. The number of anilines is 2. The number of carbonyl (C=O) groups excluding carboxylic acids is 1. The van der Waals surface area contributed by atoms with Gasteiger partial charge in [-0.15, -0.1) is 0 Å². The molecule has 1 unspecified atom stereocenters. The second kappa shape index (κ2) is 6.58. The second-order valence-electron chi connectivity index (χ2n) is 5.42. The Morgan fingerprint density at radius 3 is 2.48 bits per heavy atom. The quantitative estimate of drug-likeness (QED) is 0.670. The Balaban J connectivity index is 1.87. The van der Waals surface area contributed by atoms with Gasteiger partial charge in [0, 0.05) is 11.7 Å². The maximum absolute atomic E-state index is 13.7. The first kappa shape index (κ1) is 17.0. The van der Waals surface area contributed by atoms with Crippen LogP contribution in [0.2, 0.25) is 0 Å². The normalized spacial score (nSPS) is 15.2. The summed E-state index contributed by atoms with van der Waals surface area (Å²) in [4.78, 5) is 15.5. The zero-order chi connectivity index (χ0) is 18.1. The molecule has 2 aromatic rings. The van der Waals surface area contributed by atoms with Gasteiger partial charge >= 0.3 is 6.09 Å². The van der Waals surface area contributed by atoms with Crippen molar-refractivity contribution in [3.05, 3.63) is 53.4 Å². The van der Waals surface area contributed by atoms with Crippen LogP contribution in [0.5, 0.6) is 0 Å². The number of hydrogen-bond acceptors (Lipinski definition) is 4. The highest BCUT2D eigenvalue weighted by Crippen LogP contribution is 2.29. The fourth-order valence-electron chi connectivity index (χ4n) is 2.50. The van der Waals surface area contributed by atoms with Gasteiger partial charge in [0.1, 0.15) is 12.3 Å². The number of nitrogens with one attached hydrogen (secondary N) is 1. The van der Waals surface area contributed by atoms with Crippen molar-refractivity contribution in [2.75, 3.05) is 23.4 Å². The van der Waals surface area contributed by atoms with Crippen LogP contribution >= 0.6 is 0 Å². The maximum atomic E-state index is 13.7. The van der Waals surface area contributed by atoms with Crippen LogP contribution in [0.25, 0.3) is 0 Å². The van der Waals surface area contributed by atoms with E-state index in [0.717, 1.165) is 0 Å². The predicted octanol–water partition coefficient (Wildman–Crippen LogP) is 3.77. The van der Waals surface area contributed by atoms with E-state index >= 15 is 0 Å². The first-order valence-corrected chi connectivity index (χ1v) is 7.39. The SMILES string of the molecule is CC(Nc1c(F)c(F)nc(F)c1F)c1cccc(N2CCOC2=O)c1. The number of pyridine rings is 1. The highest BCUT2D eigenvalue weighted by atomic mass is 19.2. The monoisotopic (exact) mass is 355 g/mol. The van der Waals surface area contributed by atoms with Gasteiger partial charge < -0.3 is 10.1 Å². The van der Waals surface area contributed by atoms with Gasteiger partial charge in [0.25, 0.3) is 11.9 Å². The summed E-state index contributed by atoms with van der Waals surface area (Å²) in [5, 5.41) is 2.40.